The quantitative estimate of drug-likeness (QED) is 0.723. The molecule has 24 heavy (non-hydrogen) atoms. The molecule has 0 spiro atoms. The van der Waals surface area contributed by atoms with Gasteiger partial charge in [0.25, 0.3) is 5.91 Å². The molecule has 1 aromatic carbocycles. The first-order chi connectivity index (χ1) is 11.6. The Balaban J connectivity index is 1.85. The molecule has 0 atom stereocenters. The fourth-order valence-electron chi connectivity index (χ4n) is 2.43. The zero-order valence-corrected chi connectivity index (χ0v) is 13.9. The van der Waals surface area contributed by atoms with Crippen molar-refractivity contribution in [1.82, 2.24) is 14.7 Å². The Bertz CT molecular complexity index is 836. The van der Waals surface area contributed by atoms with Gasteiger partial charge < -0.3 is 14.1 Å². The number of carbonyl (C=O) groups is 1. The predicted octanol–water partition coefficient (Wildman–Crippen LogP) is 3.05. The Hall–Kier alpha value is -3.02. The van der Waals surface area contributed by atoms with Crippen LogP contribution in [-0.2, 0) is 6.54 Å². The van der Waals surface area contributed by atoms with E-state index in [2.05, 4.69) is 5.10 Å². The molecular formula is C18H19N3O3. The Morgan fingerprint density at radius 1 is 1.25 bits per heavy atom. The second kappa shape index (κ2) is 6.62. The van der Waals surface area contributed by atoms with Crippen LogP contribution >= 0.6 is 0 Å². The van der Waals surface area contributed by atoms with Crippen LogP contribution in [0, 0.1) is 6.92 Å². The number of aryl methyl sites for hydroxylation is 1. The summed E-state index contributed by atoms with van der Waals surface area (Å²) >= 11 is 0. The van der Waals surface area contributed by atoms with Crippen molar-refractivity contribution < 1.29 is 13.9 Å². The molecule has 124 valence electrons. The zero-order chi connectivity index (χ0) is 17.1. The summed E-state index contributed by atoms with van der Waals surface area (Å²) in [5, 5.41) is 4.39. The van der Waals surface area contributed by atoms with Crippen molar-refractivity contribution in [1.29, 1.82) is 0 Å². The molecule has 0 saturated carbocycles. The van der Waals surface area contributed by atoms with Gasteiger partial charge in [-0.3, -0.25) is 4.79 Å². The number of methoxy groups -OCH3 is 1. The number of carbonyl (C=O) groups excluding carboxylic acids is 1. The first kappa shape index (κ1) is 15.9. The van der Waals surface area contributed by atoms with E-state index in [9.17, 15) is 4.79 Å². The van der Waals surface area contributed by atoms with Crippen LogP contribution in [0.15, 0.2) is 53.1 Å². The maximum absolute atomic E-state index is 12.7. The summed E-state index contributed by atoms with van der Waals surface area (Å²) in [6.45, 7) is 2.24. The van der Waals surface area contributed by atoms with Crippen LogP contribution in [0.4, 0.5) is 0 Å². The molecule has 0 N–H and O–H groups in total. The molecular weight excluding hydrogens is 306 g/mol. The summed E-state index contributed by atoms with van der Waals surface area (Å²) < 4.78 is 12.5. The molecule has 0 bridgehead atoms. The van der Waals surface area contributed by atoms with Crippen molar-refractivity contribution in [2.75, 3.05) is 14.2 Å². The lowest BCUT2D eigenvalue weighted by Gasteiger charge is -2.14. The van der Waals surface area contributed by atoms with Gasteiger partial charge in [-0.1, -0.05) is 18.2 Å². The van der Waals surface area contributed by atoms with Gasteiger partial charge in [-0.25, -0.2) is 4.68 Å². The third kappa shape index (κ3) is 3.17. The van der Waals surface area contributed by atoms with Gasteiger partial charge in [0.1, 0.15) is 11.5 Å². The molecule has 6 heteroatoms. The molecule has 0 aliphatic rings. The fraction of sp³-hybridized carbons (Fsp3) is 0.222. The molecule has 2 heterocycles. The lowest BCUT2D eigenvalue weighted by molar-refractivity contribution is 0.0765. The molecule has 3 rings (SSSR count). The van der Waals surface area contributed by atoms with Gasteiger partial charge >= 0.3 is 0 Å². The zero-order valence-electron chi connectivity index (χ0n) is 13.9. The molecule has 0 fully saturated rings. The molecule has 0 aliphatic heterocycles. The van der Waals surface area contributed by atoms with E-state index in [4.69, 9.17) is 9.15 Å². The second-order valence-electron chi connectivity index (χ2n) is 5.50. The van der Waals surface area contributed by atoms with Crippen LogP contribution in [-0.4, -0.2) is 34.7 Å². The number of furan rings is 1. The highest BCUT2D eigenvalue weighted by atomic mass is 16.5. The van der Waals surface area contributed by atoms with Gasteiger partial charge in [0, 0.05) is 7.05 Å². The number of hydrogen-bond acceptors (Lipinski definition) is 4. The summed E-state index contributed by atoms with van der Waals surface area (Å²) in [4.78, 5) is 14.3. The van der Waals surface area contributed by atoms with Crippen LogP contribution < -0.4 is 4.74 Å². The predicted molar refractivity (Wildman–Crippen MR) is 89.4 cm³/mol. The Morgan fingerprint density at radius 3 is 2.62 bits per heavy atom. The summed E-state index contributed by atoms with van der Waals surface area (Å²) in [7, 11) is 3.24. The van der Waals surface area contributed by atoms with Gasteiger partial charge in [-0.2, -0.15) is 5.10 Å². The van der Waals surface area contributed by atoms with Crippen molar-refractivity contribution in [3.05, 3.63) is 65.9 Å². The van der Waals surface area contributed by atoms with Crippen LogP contribution in [0.5, 0.6) is 5.75 Å². The van der Waals surface area contributed by atoms with Crippen molar-refractivity contribution in [2.45, 2.75) is 13.5 Å². The van der Waals surface area contributed by atoms with Gasteiger partial charge in [-0.15, -0.1) is 0 Å². The summed E-state index contributed by atoms with van der Waals surface area (Å²) in [5.41, 5.74) is 1.13. The number of aromatic nitrogens is 2. The molecule has 2 aromatic heterocycles. The Labute approximate surface area is 140 Å². The third-order valence-corrected chi connectivity index (χ3v) is 3.66. The molecule has 0 radical (unpaired) electrons. The topological polar surface area (TPSA) is 60.5 Å². The van der Waals surface area contributed by atoms with E-state index in [1.807, 2.05) is 49.4 Å². The Kier molecular flexibility index (Phi) is 4.37. The summed E-state index contributed by atoms with van der Waals surface area (Å²) in [6.07, 6.45) is 1.70. The van der Waals surface area contributed by atoms with E-state index in [0.29, 0.717) is 12.3 Å². The molecule has 6 nitrogen and oxygen atoms in total. The maximum Gasteiger partial charge on any atom is 0.278 e. The number of nitrogens with zero attached hydrogens (tertiary/aromatic N) is 3. The van der Waals surface area contributed by atoms with Gasteiger partial charge in [0.2, 0.25) is 0 Å². The minimum Gasteiger partial charge on any atom is -0.493 e. The molecule has 0 saturated heterocycles. The van der Waals surface area contributed by atoms with Gasteiger partial charge in [0.15, 0.2) is 11.4 Å². The lowest BCUT2D eigenvalue weighted by Crippen LogP contribution is -2.27. The van der Waals surface area contributed by atoms with Crippen molar-refractivity contribution in [3.63, 3.8) is 0 Å². The minimum absolute atomic E-state index is 0.226. The number of rotatable bonds is 5. The summed E-state index contributed by atoms with van der Waals surface area (Å²) in [6, 6.07) is 13.3. The highest BCUT2D eigenvalue weighted by Gasteiger charge is 2.22. The van der Waals surface area contributed by atoms with E-state index >= 15 is 0 Å². The third-order valence-electron chi connectivity index (χ3n) is 3.66. The fourth-order valence-corrected chi connectivity index (χ4v) is 2.43. The summed E-state index contributed by atoms with van der Waals surface area (Å²) in [5.74, 6) is 1.75. The van der Waals surface area contributed by atoms with E-state index in [-0.39, 0.29) is 11.6 Å². The van der Waals surface area contributed by atoms with E-state index in [1.54, 1.807) is 22.8 Å². The first-order valence-corrected chi connectivity index (χ1v) is 7.58. The van der Waals surface area contributed by atoms with Crippen LogP contribution in [0.2, 0.25) is 0 Å². The average molecular weight is 325 g/mol. The monoisotopic (exact) mass is 325 g/mol. The van der Waals surface area contributed by atoms with Gasteiger partial charge in [0.05, 0.1) is 25.5 Å². The standard InChI is InChI=1S/C18H19N3O3/c1-13-9-10-15(24-13)11-20(2)18(22)17-16(23-3)12-21(19-17)14-7-5-4-6-8-14/h4-10,12H,11H2,1-3H3. The van der Waals surface area contributed by atoms with Gasteiger partial charge in [-0.05, 0) is 31.2 Å². The van der Waals surface area contributed by atoms with Crippen LogP contribution in [0.1, 0.15) is 22.0 Å². The first-order valence-electron chi connectivity index (χ1n) is 7.58. The van der Waals surface area contributed by atoms with Crippen molar-refractivity contribution >= 4 is 5.91 Å². The van der Waals surface area contributed by atoms with Crippen molar-refractivity contribution in [2.24, 2.45) is 0 Å². The number of ether oxygens (including phenoxy) is 1. The molecule has 1 amide bonds. The van der Waals surface area contributed by atoms with E-state index in [0.717, 1.165) is 17.2 Å². The number of amides is 1. The second-order valence-corrected chi connectivity index (χ2v) is 5.50. The highest BCUT2D eigenvalue weighted by Crippen LogP contribution is 2.21. The SMILES string of the molecule is COc1cn(-c2ccccc2)nc1C(=O)N(C)Cc1ccc(C)o1. The lowest BCUT2D eigenvalue weighted by atomic mass is 10.3. The normalized spacial score (nSPS) is 10.6. The minimum atomic E-state index is -0.226. The largest absolute Gasteiger partial charge is 0.493 e. The number of benzene rings is 1. The number of hydrogen-bond donors (Lipinski definition) is 0. The van der Waals surface area contributed by atoms with Crippen molar-refractivity contribution in [3.8, 4) is 11.4 Å². The molecule has 0 unspecified atom stereocenters. The highest BCUT2D eigenvalue weighted by molar-refractivity contribution is 5.94. The van der Waals surface area contributed by atoms with Crippen LogP contribution in [0.3, 0.4) is 0 Å². The van der Waals surface area contributed by atoms with E-state index in [1.165, 1.54) is 7.11 Å². The number of para-hydroxylation sites is 1. The molecule has 3 aromatic rings. The van der Waals surface area contributed by atoms with E-state index < -0.39 is 0 Å². The maximum atomic E-state index is 12.7. The Morgan fingerprint density at radius 2 is 2.00 bits per heavy atom. The molecule has 0 aliphatic carbocycles. The van der Waals surface area contributed by atoms with Crippen LogP contribution in [0.25, 0.3) is 5.69 Å². The average Bonchev–Trinajstić information content (AvgIpc) is 3.21. The smallest absolute Gasteiger partial charge is 0.278 e.